The van der Waals surface area contributed by atoms with Gasteiger partial charge in [-0.2, -0.15) is 0 Å². The van der Waals surface area contributed by atoms with Gasteiger partial charge in [-0.15, -0.1) is 0 Å². The largest absolute Gasteiger partial charge is 0.348 e. The third kappa shape index (κ3) is 7.45. The Morgan fingerprint density at radius 3 is 2.14 bits per heavy atom. The molecule has 0 bridgehead atoms. The summed E-state index contributed by atoms with van der Waals surface area (Å²) in [5, 5.41) is 10.2. The maximum atomic E-state index is 12.5. The van der Waals surface area contributed by atoms with Crippen LogP contribution in [0.5, 0.6) is 0 Å². The molecule has 4 amide bonds. The number of benzene rings is 2. The summed E-state index contributed by atoms with van der Waals surface area (Å²) in [6.45, 7) is 3.16. The fourth-order valence-corrected chi connectivity index (χ4v) is 2.41. The van der Waals surface area contributed by atoms with Crippen LogP contribution in [0.15, 0.2) is 48.5 Å². The van der Waals surface area contributed by atoms with Gasteiger partial charge in [0.2, 0.25) is 17.7 Å². The molecule has 0 aromatic heterocycles. The second-order valence-corrected chi connectivity index (χ2v) is 6.45. The average Bonchev–Trinajstić information content (AvgIpc) is 2.70. The van der Waals surface area contributed by atoms with Gasteiger partial charge in [-0.05, 0) is 24.6 Å². The van der Waals surface area contributed by atoms with E-state index in [0.29, 0.717) is 17.8 Å². The van der Waals surface area contributed by atoms with Gasteiger partial charge in [0.25, 0.3) is 5.91 Å². The van der Waals surface area contributed by atoms with Gasteiger partial charge in [-0.25, -0.2) is 0 Å². The number of amides is 4. The number of carbonyl (C=O) groups is 4. The summed E-state index contributed by atoms with van der Waals surface area (Å²) in [6.07, 6.45) is 0. The number of hydrogen-bond donors (Lipinski definition) is 4. The molecule has 0 heterocycles. The number of nitrogens with one attached hydrogen (secondary N) is 4. The molecule has 0 atom stereocenters. The Bertz CT molecular complexity index is 894. The lowest BCUT2D eigenvalue weighted by molar-refractivity contribution is -0.126. The Balaban J connectivity index is 1.90. The predicted molar refractivity (Wildman–Crippen MR) is 109 cm³/mol. The standard InChI is InChI=1S/C21H24N4O4/c1-14-7-9-16(10-8-14)11-24-21(29)17-5-3-4-6-18(17)25-20(28)13-23-19(27)12-22-15(2)26/h3-10H,11-13H2,1-2H3,(H,22,26)(H,23,27)(H,24,29)(H,25,28). The number of anilines is 1. The third-order valence-corrected chi connectivity index (χ3v) is 3.96. The van der Waals surface area contributed by atoms with E-state index in [1.54, 1.807) is 24.3 Å². The monoisotopic (exact) mass is 396 g/mol. The van der Waals surface area contributed by atoms with Gasteiger partial charge >= 0.3 is 0 Å². The molecule has 0 aliphatic carbocycles. The normalized spacial score (nSPS) is 10.0. The van der Waals surface area contributed by atoms with Gasteiger partial charge in [0, 0.05) is 13.5 Å². The lowest BCUT2D eigenvalue weighted by atomic mass is 10.1. The van der Waals surface area contributed by atoms with Crippen molar-refractivity contribution in [2.24, 2.45) is 0 Å². The number of hydrogen-bond acceptors (Lipinski definition) is 4. The highest BCUT2D eigenvalue weighted by atomic mass is 16.2. The van der Waals surface area contributed by atoms with Gasteiger partial charge in [-0.3, -0.25) is 19.2 Å². The molecule has 0 fully saturated rings. The molecule has 4 N–H and O–H groups in total. The second kappa shape index (κ2) is 10.6. The van der Waals surface area contributed by atoms with Gasteiger partial charge in [-0.1, -0.05) is 42.0 Å². The minimum atomic E-state index is -0.487. The van der Waals surface area contributed by atoms with Crippen LogP contribution >= 0.6 is 0 Å². The highest BCUT2D eigenvalue weighted by molar-refractivity contribution is 6.04. The maximum absolute atomic E-state index is 12.5. The van der Waals surface area contributed by atoms with Crippen molar-refractivity contribution in [3.05, 3.63) is 65.2 Å². The van der Waals surface area contributed by atoms with E-state index in [1.807, 2.05) is 31.2 Å². The summed E-state index contributed by atoms with van der Waals surface area (Å²) >= 11 is 0. The minimum Gasteiger partial charge on any atom is -0.348 e. The van der Waals surface area contributed by atoms with E-state index < -0.39 is 11.8 Å². The van der Waals surface area contributed by atoms with E-state index in [0.717, 1.165) is 11.1 Å². The lowest BCUT2D eigenvalue weighted by Gasteiger charge is -2.12. The summed E-state index contributed by atoms with van der Waals surface area (Å²) in [7, 11) is 0. The molecule has 2 aromatic carbocycles. The molecule has 29 heavy (non-hydrogen) atoms. The van der Waals surface area contributed by atoms with Crippen LogP contribution in [0.2, 0.25) is 0 Å². The molecule has 0 saturated carbocycles. The van der Waals surface area contributed by atoms with Crippen molar-refractivity contribution in [2.75, 3.05) is 18.4 Å². The zero-order chi connectivity index (χ0) is 21.2. The van der Waals surface area contributed by atoms with E-state index in [4.69, 9.17) is 0 Å². The molecular weight excluding hydrogens is 372 g/mol. The molecule has 2 aromatic rings. The average molecular weight is 396 g/mol. The van der Waals surface area contributed by atoms with Crippen molar-refractivity contribution < 1.29 is 19.2 Å². The summed E-state index contributed by atoms with van der Waals surface area (Å²) in [4.78, 5) is 47.0. The first-order valence-corrected chi connectivity index (χ1v) is 9.09. The molecule has 0 radical (unpaired) electrons. The van der Waals surface area contributed by atoms with Gasteiger partial charge in [0.1, 0.15) is 0 Å². The molecular formula is C21H24N4O4. The van der Waals surface area contributed by atoms with Crippen molar-refractivity contribution in [1.29, 1.82) is 0 Å². The van der Waals surface area contributed by atoms with Crippen molar-refractivity contribution in [3.8, 4) is 0 Å². The molecule has 0 unspecified atom stereocenters. The fourth-order valence-electron chi connectivity index (χ4n) is 2.41. The minimum absolute atomic E-state index is 0.208. The highest BCUT2D eigenvalue weighted by Crippen LogP contribution is 2.15. The van der Waals surface area contributed by atoms with E-state index in [2.05, 4.69) is 21.3 Å². The first kappa shape index (κ1) is 21.6. The Morgan fingerprint density at radius 2 is 1.45 bits per heavy atom. The van der Waals surface area contributed by atoms with Crippen molar-refractivity contribution >= 4 is 29.3 Å². The first-order valence-electron chi connectivity index (χ1n) is 9.09. The summed E-state index contributed by atoms with van der Waals surface area (Å²) < 4.78 is 0. The SMILES string of the molecule is CC(=O)NCC(=O)NCC(=O)Nc1ccccc1C(=O)NCc1ccc(C)cc1. The summed E-state index contributed by atoms with van der Waals surface area (Å²) in [6, 6.07) is 14.4. The number of para-hydroxylation sites is 1. The van der Waals surface area contributed by atoms with Crippen LogP contribution in [0.4, 0.5) is 5.69 Å². The van der Waals surface area contributed by atoms with E-state index in [9.17, 15) is 19.2 Å². The van der Waals surface area contributed by atoms with Crippen LogP contribution in [0, 0.1) is 6.92 Å². The summed E-state index contributed by atoms with van der Waals surface area (Å²) in [5.74, 6) is -1.63. The second-order valence-electron chi connectivity index (χ2n) is 6.45. The van der Waals surface area contributed by atoms with E-state index in [1.165, 1.54) is 6.92 Å². The fraction of sp³-hybridized carbons (Fsp3) is 0.238. The number of rotatable bonds is 8. The van der Waals surface area contributed by atoms with Crippen molar-refractivity contribution in [2.45, 2.75) is 20.4 Å². The topological polar surface area (TPSA) is 116 Å². The van der Waals surface area contributed by atoms with Gasteiger partial charge < -0.3 is 21.3 Å². The van der Waals surface area contributed by atoms with E-state index in [-0.39, 0.29) is 24.9 Å². The van der Waals surface area contributed by atoms with Gasteiger partial charge in [0.15, 0.2) is 0 Å². The van der Waals surface area contributed by atoms with Crippen molar-refractivity contribution in [3.63, 3.8) is 0 Å². The number of carbonyl (C=O) groups excluding carboxylic acids is 4. The number of aryl methyl sites for hydroxylation is 1. The molecule has 8 nitrogen and oxygen atoms in total. The zero-order valence-electron chi connectivity index (χ0n) is 16.4. The Hall–Kier alpha value is -3.68. The predicted octanol–water partition coefficient (Wildman–Crippen LogP) is 1.12. The Labute approximate surface area is 169 Å². The van der Waals surface area contributed by atoms with Crippen LogP contribution in [0.25, 0.3) is 0 Å². The highest BCUT2D eigenvalue weighted by Gasteiger charge is 2.13. The molecule has 8 heteroatoms. The van der Waals surface area contributed by atoms with Gasteiger partial charge in [0.05, 0.1) is 24.3 Å². The Kier molecular flexibility index (Phi) is 7.90. The maximum Gasteiger partial charge on any atom is 0.253 e. The summed E-state index contributed by atoms with van der Waals surface area (Å²) in [5.41, 5.74) is 2.76. The van der Waals surface area contributed by atoms with E-state index >= 15 is 0 Å². The lowest BCUT2D eigenvalue weighted by Crippen LogP contribution is -2.39. The van der Waals surface area contributed by atoms with Crippen LogP contribution in [0.1, 0.15) is 28.4 Å². The van der Waals surface area contributed by atoms with Crippen molar-refractivity contribution in [1.82, 2.24) is 16.0 Å². The zero-order valence-corrected chi connectivity index (χ0v) is 16.4. The first-order chi connectivity index (χ1) is 13.8. The van der Waals surface area contributed by atoms with Crippen LogP contribution < -0.4 is 21.3 Å². The molecule has 2 rings (SSSR count). The van der Waals surface area contributed by atoms with Crippen LogP contribution in [-0.2, 0) is 20.9 Å². The van der Waals surface area contributed by atoms with Crippen LogP contribution in [-0.4, -0.2) is 36.7 Å². The third-order valence-electron chi connectivity index (χ3n) is 3.96. The molecule has 0 aliphatic rings. The smallest absolute Gasteiger partial charge is 0.253 e. The molecule has 0 aliphatic heterocycles. The molecule has 152 valence electrons. The van der Waals surface area contributed by atoms with Crippen LogP contribution in [0.3, 0.4) is 0 Å². The Morgan fingerprint density at radius 1 is 0.793 bits per heavy atom. The molecule has 0 spiro atoms. The quantitative estimate of drug-likeness (QED) is 0.535. The molecule has 0 saturated heterocycles.